The zero-order valence-electron chi connectivity index (χ0n) is 22.9. The minimum atomic E-state index is -8.70. The molecule has 0 N–H and O–H groups in total. The standard InChI is InChI=1S/C26H17F17N2O2/c1-2-3-12-47-18(46)17(13-44)14-8-10-45(11-9-14)16-6-4-15(5-7-16)19(27,28)20(29,30)21(31,32)22(33,34)23(35,36)24(37,38)25(39,40)26(41,42)43/h4-11H,2-3,12H2,1H3. The Balaban J connectivity index is 2.43. The van der Waals surface area contributed by atoms with Gasteiger partial charge < -0.3 is 9.64 Å². The molecule has 0 aliphatic carbocycles. The second-order valence-electron chi connectivity index (χ2n) is 9.54. The zero-order chi connectivity index (χ0) is 36.7. The van der Waals surface area contributed by atoms with Crippen LogP contribution in [0.3, 0.4) is 0 Å². The van der Waals surface area contributed by atoms with Gasteiger partial charge in [0.25, 0.3) is 0 Å². The number of unbranched alkanes of at least 4 members (excludes halogenated alkanes) is 1. The van der Waals surface area contributed by atoms with E-state index in [1.165, 1.54) is 0 Å². The Hall–Kier alpha value is -3.99. The van der Waals surface area contributed by atoms with Crippen LogP contribution in [0.25, 0.3) is 0 Å². The molecule has 47 heavy (non-hydrogen) atoms. The van der Waals surface area contributed by atoms with Gasteiger partial charge in [-0.1, -0.05) is 25.5 Å². The first kappa shape index (κ1) is 39.2. The monoisotopic (exact) mass is 712 g/mol. The molecule has 0 unspecified atom stereocenters. The van der Waals surface area contributed by atoms with Crippen LogP contribution in [0.4, 0.5) is 80.3 Å². The number of carbonyl (C=O) groups is 1. The Kier molecular flexibility index (Phi) is 10.5. The Morgan fingerprint density at radius 1 is 0.702 bits per heavy atom. The van der Waals surface area contributed by atoms with Crippen LogP contribution < -0.4 is 4.90 Å². The molecule has 2 rings (SSSR count). The van der Waals surface area contributed by atoms with Crippen LogP contribution >= 0.6 is 0 Å². The van der Waals surface area contributed by atoms with Crippen molar-refractivity contribution >= 4 is 11.7 Å². The smallest absolute Gasteiger partial charge is 0.460 e. The van der Waals surface area contributed by atoms with Crippen molar-refractivity contribution in [2.24, 2.45) is 0 Å². The first-order chi connectivity index (χ1) is 21.1. The molecule has 1 aromatic rings. The summed E-state index contributed by atoms with van der Waals surface area (Å²) >= 11 is 0. The molecule has 0 spiro atoms. The van der Waals surface area contributed by atoms with Crippen molar-refractivity contribution < 1.29 is 84.2 Å². The van der Waals surface area contributed by atoms with Gasteiger partial charge in [-0.2, -0.15) is 79.9 Å². The molecule has 1 aromatic carbocycles. The van der Waals surface area contributed by atoms with Gasteiger partial charge in [0.15, 0.2) is 0 Å². The first-order valence-electron chi connectivity index (χ1n) is 12.4. The number of esters is 1. The number of anilines is 1. The van der Waals surface area contributed by atoms with Gasteiger partial charge in [0, 0.05) is 29.2 Å². The van der Waals surface area contributed by atoms with Crippen molar-refractivity contribution in [3.05, 3.63) is 65.5 Å². The molecule has 0 saturated carbocycles. The normalized spacial score (nSPS) is 15.5. The number of ether oxygens (including phenoxy) is 1. The number of rotatable bonds is 12. The number of allylic oxidation sites excluding steroid dienone is 3. The molecule has 1 aliphatic rings. The number of hydrogen-bond acceptors (Lipinski definition) is 4. The zero-order valence-corrected chi connectivity index (χ0v) is 22.9. The summed E-state index contributed by atoms with van der Waals surface area (Å²) < 4.78 is 235. The van der Waals surface area contributed by atoms with Gasteiger partial charge in [-0.15, -0.1) is 0 Å². The van der Waals surface area contributed by atoms with Crippen LogP contribution in [0, 0.1) is 11.3 Å². The average Bonchev–Trinajstić information content (AvgIpc) is 2.97. The van der Waals surface area contributed by atoms with E-state index in [1.54, 1.807) is 13.0 Å². The number of nitriles is 1. The largest absolute Gasteiger partial charge is 0.462 e. The average molecular weight is 712 g/mol. The molecule has 1 aliphatic heterocycles. The second-order valence-corrected chi connectivity index (χ2v) is 9.54. The molecule has 0 saturated heterocycles. The predicted octanol–water partition coefficient (Wildman–Crippen LogP) is 9.16. The van der Waals surface area contributed by atoms with Crippen LogP contribution in [-0.2, 0) is 15.5 Å². The molecule has 0 atom stereocenters. The Labute approximate surface area is 252 Å². The number of nitrogens with zero attached hydrogens (tertiary/aromatic N) is 2. The van der Waals surface area contributed by atoms with Crippen molar-refractivity contribution in [2.45, 2.75) is 67.4 Å². The van der Waals surface area contributed by atoms with E-state index < -0.39 is 64.7 Å². The highest BCUT2D eigenvalue weighted by Crippen LogP contribution is 2.65. The van der Waals surface area contributed by atoms with Crippen LogP contribution in [-0.4, -0.2) is 54.3 Å². The van der Waals surface area contributed by atoms with Crippen LogP contribution in [0.5, 0.6) is 0 Å². The Bertz CT molecular complexity index is 1440. The summed E-state index contributed by atoms with van der Waals surface area (Å²) in [4.78, 5) is 13.0. The van der Waals surface area contributed by atoms with E-state index in [1.807, 2.05) is 0 Å². The van der Waals surface area contributed by atoms with Crippen molar-refractivity contribution in [1.82, 2.24) is 0 Å². The van der Waals surface area contributed by atoms with E-state index in [9.17, 15) is 84.7 Å². The van der Waals surface area contributed by atoms with Crippen LogP contribution in [0.15, 0.2) is 60.0 Å². The highest BCUT2D eigenvalue weighted by molar-refractivity contribution is 5.95. The lowest BCUT2D eigenvalue weighted by molar-refractivity contribution is -0.462. The summed E-state index contributed by atoms with van der Waals surface area (Å²) in [5, 5.41) is 9.24. The fourth-order valence-corrected chi connectivity index (χ4v) is 3.56. The summed E-state index contributed by atoms with van der Waals surface area (Å²) in [7, 11) is 0. The molecule has 0 radical (unpaired) electrons. The maximum atomic E-state index is 14.6. The van der Waals surface area contributed by atoms with Gasteiger partial charge in [-0.3, -0.25) is 0 Å². The van der Waals surface area contributed by atoms with Gasteiger partial charge in [-0.25, -0.2) is 4.79 Å². The lowest BCUT2D eigenvalue weighted by Gasteiger charge is -2.42. The molecule has 1 heterocycles. The third-order valence-corrected chi connectivity index (χ3v) is 6.42. The van der Waals surface area contributed by atoms with E-state index in [-0.39, 0.29) is 30.0 Å². The van der Waals surface area contributed by atoms with Gasteiger partial charge in [-0.05, 0) is 30.7 Å². The number of carbonyl (C=O) groups excluding carboxylic acids is 1. The first-order valence-corrected chi connectivity index (χ1v) is 12.4. The van der Waals surface area contributed by atoms with Crippen molar-refractivity contribution in [3.8, 4) is 6.07 Å². The minimum Gasteiger partial charge on any atom is -0.462 e. The van der Waals surface area contributed by atoms with E-state index in [0.29, 0.717) is 25.0 Å². The predicted molar refractivity (Wildman–Crippen MR) is 125 cm³/mol. The summed E-state index contributed by atoms with van der Waals surface area (Å²) in [6.45, 7) is 1.77. The number of alkyl halides is 17. The highest BCUT2D eigenvalue weighted by Gasteiger charge is 2.95. The molecule has 4 nitrogen and oxygen atoms in total. The molecular formula is C26H17F17N2O2. The molecule has 0 fully saturated rings. The van der Waals surface area contributed by atoms with E-state index in [2.05, 4.69) is 0 Å². The third kappa shape index (κ3) is 6.22. The molecule has 0 amide bonds. The summed E-state index contributed by atoms with van der Waals surface area (Å²) in [6.07, 6.45) is -2.42. The van der Waals surface area contributed by atoms with Crippen LogP contribution in [0.2, 0.25) is 0 Å². The Morgan fingerprint density at radius 2 is 1.13 bits per heavy atom. The third-order valence-electron chi connectivity index (χ3n) is 6.42. The lowest BCUT2D eigenvalue weighted by Crippen LogP contribution is -2.74. The quantitative estimate of drug-likeness (QED) is 0.0714. The van der Waals surface area contributed by atoms with Gasteiger partial charge >= 0.3 is 53.6 Å². The van der Waals surface area contributed by atoms with Crippen molar-refractivity contribution in [1.29, 1.82) is 5.26 Å². The second kappa shape index (κ2) is 12.6. The molecule has 21 heteroatoms. The number of benzene rings is 1. The topological polar surface area (TPSA) is 53.3 Å². The minimum absolute atomic E-state index is 0.0180. The van der Waals surface area contributed by atoms with E-state index >= 15 is 0 Å². The number of halogens is 17. The fourth-order valence-electron chi connectivity index (χ4n) is 3.56. The Morgan fingerprint density at radius 3 is 1.53 bits per heavy atom. The summed E-state index contributed by atoms with van der Waals surface area (Å²) in [5.41, 5.74) is -3.18. The van der Waals surface area contributed by atoms with Crippen molar-refractivity contribution in [3.63, 3.8) is 0 Å². The highest BCUT2D eigenvalue weighted by atomic mass is 19.4. The summed E-state index contributed by atoms with van der Waals surface area (Å²) in [5.74, 6) is -58.1. The summed E-state index contributed by atoms with van der Waals surface area (Å²) in [6, 6.07) is 2.13. The van der Waals surface area contributed by atoms with Gasteiger partial charge in [0.2, 0.25) is 0 Å². The number of hydrogen-bond donors (Lipinski definition) is 0. The lowest BCUT2D eigenvalue weighted by atomic mass is 9.87. The van der Waals surface area contributed by atoms with Gasteiger partial charge in [0.05, 0.1) is 6.61 Å². The van der Waals surface area contributed by atoms with E-state index in [0.717, 1.165) is 29.5 Å². The van der Waals surface area contributed by atoms with E-state index in [4.69, 9.17) is 4.74 Å². The van der Waals surface area contributed by atoms with Crippen molar-refractivity contribution in [2.75, 3.05) is 11.5 Å². The van der Waals surface area contributed by atoms with Gasteiger partial charge in [0.1, 0.15) is 11.6 Å². The SMILES string of the molecule is CCCCOC(=O)C(C#N)=C1C=CN(c2ccc(C(F)(F)C(F)(F)C(F)(F)C(F)(F)C(F)(F)C(F)(F)C(F)(F)C(F)(F)F)cc2)C=C1. The maximum Gasteiger partial charge on any atom is 0.460 e. The fraction of sp³-hybridized carbons (Fsp3) is 0.462. The molecular weight excluding hydrogens is 695 g/mol. The maximum absolute atomic E-state index is 14.6. The molecule has 0 aromatic heterocycles. The molecule has 0 bridgehead atoms. The molecule has 262 valence electrons. The van der Waals surface area contributed by atoms with Crippen LogP contribution in [0.1, 0.15) is 25.3 Å².